The molecule has 1 aromatic carbocycles. The summed E-state index contributed by atoms with van der Waals surface area (Å²) >= 11 is 0. The standard InChI is InChI=1S/C20H28N2O3/c1-15(2)22(12-16-7-4-3-5-8-16)20(24)17-11-19(23)21(13-17)14-18-9-6-10-25-18/h3-5,7-8,15,17-18H,6,9-14H2,1-2H3. The van der Waals surface area contributed by atoms with E-state index in [9.17, 15) is 9.59 Å². The van der Waals surface area contributed by atoms with E-state index in [2.05, 4.69) is 0 Å². The van der Waals surface area contributed by atoms with Crippen molar-refractivity contribution in [1.29, 1.82) is 0 Å². The van der Waals surface area contributed by atoms with Crippen molar-refractivity contribution in [2.75, 3.05) is 19.7 Å². The van der Waals surface area contributed by atoms with Crippen LogP contribution in [0, 0.1) is 5.92 Å². The topological polar surface area (TPSA) is 49.9 Å². The lowest BCUT2D eigenvalue weighted by molar-refractivity contribution is -0.138. The Labute approximate surface area is 149 Å². The number of benzene rings is 1. The van der Waals surface area contributed by atoms with Crippen LogP contribution in [0.15, 0.2) is 30.3 Å². The van der Waals surface area contributed by atoms with Crippen LogP contribution in [0.4, 0.5) is 0 Å². The van der Waals surface area contributed by atoms with Crippen molar-refractivity contribution in [1.82, 2.24) is 9.80 Å². The van der Waals surface area contributed by atoms with Crippen LogP contribution in [-0.2, 0) is 20.9 Å². The van der Waals surface area contributed by atoms with E-state index >= 15 is 0 Å². The Balaban J connectivity index is 1.62. The van der Waals surface area contributed by atoms with E-state index < -0.39 is 0 Å². The van der Waals surface area contributed by atoms with Gasteiger partial charge in [-0.05, 0) is 32.3 Å². The van der Waals surface area contributed by atoms with Crippen molar-refractivity contribution in [3.63, 3.8) is 0 Å². The first-order valence-corrected chi connectivity index (χ1v) is 9.28. The molecule has 2 aliphatic heterocycles. The second kappa shape index (κ2) is 8.00. The summed E-state index contributed by atoms with van der Waals surface area (Å²) in [5, 5.41) is 0. The Bertz CT molecular complexity index is 596. The third-order valence-electron chi connectivity index (χ3n) is 5.11. The summed E-state index contributed by atoms with van der Waals surface area (Å²) in [5.74, 6) is -0.0701. The van der Waals surface area contributed by atoms with Crippen molar-refractivity contribution in [2.24, 2.45) is 5.92 Å². The molecule has 2 heterocycles. The molecule has 3 rings (SSSR count). The fraction of sp³-hybridized carbons (Fsp3) is 0.600. The number of likely N-dealkylation sites (tertiary alicyclic amines) is 1. The number of carbonyl (C=O) groups excluding carboxylic acids is 2. The number of nitrogens with zero attached hydrogens (tertiary/aromatic N) is 2. The summed E-state index contributed by atoms with van der Waals surface area (Å²) in [6.07, 6.45) is 2.54. The lowest BCUT2D eigenvalue weighted by Crippen LogP contribution is -2.41. The van der Waals surface area contributed by atoms with Gasteiger partial charge < -0.3 is 14.5 Å². The molecular weight excluding hydrogens is 316 g/mol. The van der Waals surface area contributed by atoms with Crippen molar-refractivity contribution in [3.8, 4) is 0 Å². The monoisotopic (exact) mass is 344 g/mol. The lowest BCUT2D eigenvalue weighted by atomic mass is 10.1. The van der Waals surface area contributed by atoms with Gasteiger partial charge in [0.25, 0.3) is 0 Å². The Morgan fingerprint density at radius 2 is 2.08 bits per heavy atom. The molecule has 0 spiro atoms. The summed E-state index contributed by atoms with van der Waals surface area (Å²) in [6, 6.07) is 10.1. The molecule has 0 N–H and O–H groups in total. The summed E-state index contributed by atoms with van der Waals surface area (Å²) in [4.78, 5) is 29.1. The van der Waals surface area contributed by atoms with Gasteiger partial charge in [0.05, 0.1) is 12.0 Å². The predicted molar refractivity (Wildman–Crippen MR) is 95.8 cm³/mol. The van der Waals surface area contributed by atoms with Crippen LogP contribution >= 0.6 is 0 Å². The van der Waals surface area contributed by atoms with Gasteiger partial charge in [0, 0.05) is 38.7 Å². The number of hydrogen-bond acceptors (Lipinski definition) is 3. The number of rotatable bonds is 6. The second-order valence-corrected chi connectivity index (χ2v) is 7.38. The molecule has 5 nitrogen and oxygen atoms in total. The maximum atomic E-state index is 13.0. The van der Waals surface area contributed by atoms with E-state index in [-0.39, 0.29) is 29.9 Å². The Morgan fingerprint density at radius 1 is 1.32 bits per heavy atom. The average molecular weight is 344 g/mol. The minimum atomic E-state index is -0.236. The summed E-state index contributed by atoms with van der Waals surface area (Å²) in [7, 11) is 0. The zero-order valence-electron chi connectivity index (χ0n) is 15.2. The van der Waals surface area contributed by atoms with Crippen LogP contribution in [0.1, 0.15) is 38.7 Å². The maximum absolute atomic E-state index is 13.0. The molecule has 1 aromatic rings. The molecule has 2 saturated heterocycles. The van der Waals surface area contributed by atoms with Gasteiger partial charge in [-0.3, -0.25) is 9.59 Å². The van der Waals surface area contributed by atoms with E-state index in [1.807, 2.05) is 54.0 Å². The molecule has 136 valence electrons. The molecule has 0 saturated carbocycles. The van der Waals surface area contributed by atoms with Crippen molar-refractivity contribution in [3.05, 3.63) is 35.9 Å². The number of carbonyl (C=O) groups is 2. The summed E-state index contributed by atoms with van der Waals surface area (Å²) in [5.41, 5.74) is 1.12. The maximum Gasteiger partial charge on any atom is 0.228 e. The fourth-order valence-corrected chi connectivity index (χ4v) is 3.68. The first-order chi connectivity index (χ1) is 12.0. The lowest BCUT2D eigenvalue weighted by Gasteiger charge is -2.29. The van der Waals surface area contributed by atoms with Crippen molar-refractivity contribution in [2.45, 2.75) is 51.8 Å². The normalized spacial score (nSPS) is 23.5. The molecule has 0 aliphatic carbocycles. The largest absolute Gasteiger partial charge is 0.376 e. The molecule has 0 aromatic heterocycles. The predicted octanol–water partition coefficient (Wildman–Crippen LogP) is 2.45. The quantitative estimate of drug-likeness (QED) is 0.796. The van der Waals surface area contributed by atoms with Crippen molar-refractivity contribution < 1.29 is 14.3 Å². The molecule has 0 radical (unpaired) electrons. The SMILES string of the molecule is CC(C)N(Cc1ccccc1)C(=O)C1CC(=O)N(CC2CCCO2)C1. The molecular formula is C20H28N2O3. The van der Waals surface area contributed by atoms with Crippen LogP contribution < -0.4 is 0 Å². The number of ether oxygens (including phenoxy) is 1. The van der Waals surface area contributed by atoms with Gasteiger partial charge in [-0.2, -0.15) is 0 Å². The zero-order valence-corrected chi connectivity index (χ0v) is 15.2. The molecule has 25 heavy (non-hydrogen) atoms. The minimum Gasteiger partial charge on any atom is -0.376 e. The van der Waals surface area contributed by atoms with Gasteiger partial charge in [0.2, 0.25) is 11.8 Å². The summed E-state index contributed by atoms with van der Waals surface area (Å²) < 4.78 is 5.63. The molecule has 2 amide bonds. The minimum absolute atomic E-state index is 0.0808. The van der Waals surface area contributed by atoms with E-state index in [1.165, 1.54) is 0 Å². The molecule has 0 bridgehead atoms. The van der Waals surface area contributed by atoms with Crippen LogP contribution in [0.3, 0.4) is 0 Å². The van der Waals surface area contributed by atoms with Crippen LogP contribution in [0.2, 0.25) is 0 Å². The third-order valence-corrected chi connectivity index (χ3v) is 5.11. The highest BCUT2D eigenvalue weighted by Crippen LogP contribution is 2.24. The van der Waals surface area contributed by atoms with E-state index in [0.29, 0.717) is 26.1 Å². The molecule has 2 unspecified atom stereocenters. The van der Waals surface area contributed by atoms with Crippen LogP contribution in [-0.4, -0.2) is 53.5 Å². The second-order valence-electron chi connectivity index (χ2n) is 7.38. The fourth-order valence-electron chi connectivity index (χ4n) is 3.68. The van der Waals surface area contributed by atoms with Gasteiger partial charge in [0.1, 0.15) is 0 Å². The summed E-state index contributed by atoms with van der Waals surface area (Å²) in [6.45, 7) is 6.59. The highest BCUT2D eigenvalue weighted by Gasteiger charge is 2.38. The van der Waals surface area contributed by atoms with Gasteiger partial charge in [0.15, 0.2) is 0 Å². The van der Waals surface area contributed by atoms with Gasteiger partial charge in [-0.15, -0.1) is 0 Å². The van der Waals surface area contributed by atoms with Gasteiger partial charge in [-0.25, -0.2) is 0 Å². The molecule has 5 heteroatoms. The molecule has 2 fully saturated rings. The van der Waals surface area contributed by atoms with Gasteiger partial charge in [-0.1, -0.05) is 30.3 Å². The smallest absolute Gasteiger partial charge is 0.228 e. The number of hydrogen-bond donors (Lipinski definition) is 0. The molecule has 2 aliphatic rings. The first kappa shape index (κ1) is 17.9. The Hall–Kier alpha value is -1.88. The first-order valence-electron chi connectivity index (χ1n) is 9.28. The van der Waals surface area contributed by atoms with Crippen LogP contribution in [0.25, 0.3) is 0 Å². The number of amides is 2. The highest BCUT2D eigenvalue weighted by molar-refractivity contribution is 5.89. The molecule has 2 atom stereocenters. The Kier molecular flexibility index (Phi) is 5.74. The Morgan fingerprint density at radius 3 is 2.72 bits per heavy atom. The highest BCUT2D eigenvalue weighted by atomic mass is 16.5. The van der Waals surface area contributed by atoms with Crippen molar-refractivity contribution >= 4 is 11.8 Å². The van der Waals surface area contributed by atoms with Crippen LogP contribution in [0.5, 0.6) is 0 Å². The van der Waals surface area contributed by atoms with E-state index in [1.54, 1.807) is 0 Å². The zero-order chi connectivity index (χ0) is 17.8. The van der Waals surface area contributed by atoms with E-state index in [4.69, 9.17) is 4.74 Å². The van der Waals surface area contributed by atoms with E-state index in [0.717, 1.165) is 25.0 Å². The van der Waals surface area contributed by atoms with Gasteiger partial charge >= 0.3 is 0 Å². The average Bonchev–Trinajstić information content (AvgIpc) is 3.23. The third kappa shape index (κ3) is 4.40.